The molecule has 0 nitrogen and oxygen atoms in total. The Morgan fingerprint density at radius 3 is 0.353 bits per heavy atom. The molecule has 0 aliphatic heterocycles. The fourth-order valence-corrected chi connectivity index (χ4v) is 0. The molecule has 0 heterocycles. The van der Waals surface area contributed by atoms with Crippen molar-refractivity contribution in [1.82, 2.24) is 0 Å². The fraction of sp³-hybridized carbons (Fsp3) is 0. The van der Waals surface area contributed by atoms with Crippen LogP contribution >= 0.6 is 0 Å². The van der Waals surface area contributed by atoms with Gasteiger partial charge in [-0.3, -0.25) is 0 Å². The molecular weight excluding hydrogens is 286 g/mol. The zero-order valence-electron chi connectivity index (χ0n) is 7.65. The normalized spacial score (nSPS) is 11.0. The van der Waals surface area contributed by atoms with Crippen LogP contribution < -0.4 is 0 Å². The van der Waals surface area contributed by atoms with Crippen molar-refractivity contribution in [3.05, 3.63) is 0 Å². The van der Waals surface area contributed by atoms with Gasteiger partial charge in [0.2, 0.25) is 0 Å². The van der Waals surface area contributed by atoms with Gasteiger partial charge in [0.05, 0.1) is 0 Å². The predicted molar refractivity (Wildman–Crippen MR) is 37.4 cm³/mol. The van der Waals surface area contributed by atoms with Gasteiger partial charge in [-0.05, 0) is 0 Å². The molecule has 0 aromatic heterocycles. The minimum atomic E-state index is -6.00. The van der Waals surface area contributed by atoms with E-state index >= 15 is 0 Å². The van der Waals surface area contributed by atoms with Gasteiger partial charge in [0.1, 0.15) is 0 Å². The van der Waals surface area contributed by atoms with Gasteiger partial charge in [-0.1, -0.05) is 0 Å². The van der Waals surface area contributed by atoms with E-state index in [4.69, 9.17) is 0 Å². The van der Waals surface area contributed by atoms with Crippen molar-refractivity contribution in [3.8, 4) is 0 Å². The van der Waals surface area contributed by atoms with Crippen LogP contribution in [-0.2, 0) is 0 Å². The maximum absolute atomic E-state index is 9.75. The molecule has 0 spiro atoms. The first-order chi connectivity index (χ1) is 7.00. The molecule has 0 bridgehead atoms. The maximum atomic E-state index is 9.75. The minimum absolute atomic E-state index is 0.500. The SMILES string of the molecule is F[B-](F)(F)F.F[B-](F)(F)F.F[B-](F)(F)F.[Li][F]. The second-order valence-corrected chi connectivity index (χ2v) is 1.48. The van der Waals surface area contributed by atoms with Gasteiger partial charge in [-0.25, -0.2) is 0 Å². The van der Waals surface area contributed by atoms with Crippen LogP contribution in [0.2, 0.25) is 0 Å². The number of hydrogen-bond donors (Lipinski definition) is 0. The first kappa shape index (κ1) is 25.7. The first-order valence-corrected chi connectivity index (χ1v) is 3.00. The van der Waals surface area contributed by atoms with Crippen molar-refractivity contribution < 1.29 is 55.2 Å². The third-order valence-electron chi connectivity index (χ3n) is 0. The standard InChI is InChI=1S/3BF4.FH.Li/c3*2-1(3,4)5;;/h;;;1H;/q3*-1;;+1/p-1. The summed E-state index contributed by atoms with van der Waals surface area (Å²) in [6, 6.07) is 0. The summed E-state index contributed by atoms with van der Waals surface area (Å²) in [7, 11) is -18.0. The average Bonchev–Trinajstić information content (AvgIpc) is 1.77. The third-order valence-corrected chi connectivity index (χ3v) is 0. The molecule has 0 radical (unpaired) electrons. The summed E-state index contributed by atoms with van der Waals surface area (Å²) in [4.78, 5) is 0. The average molecular weight is 286 g/mol. The van der Waals surface area contributed by atoms with Crippen LogP contribution in [0.25, 0.3) is 0 Å². The Morgan fingerprint density at radius 2 is 0.353 bits per heavy atom. The van der Waals surface area contributed by atoms with E-state index in [0.29, 0.717) is 18.2 Å². The van der Waals surface area contributed by atoms with E-state index < -0.39 is 21.8 Å². The van der Waals surface area contributed by atoms with E-state index in [-0.39, 0.29) is 0 Å². The number of rotatable bonds is 0. The van der Waals surface area contributed by atoms with E-state index in [0.717, 1.165) is 0 Å². The third kappa shape index (κ3) is 221000. The van der Waals surface area contributed by atoms with Gasteiger partial charge >= 0.3 is 43.3 Å². The Bertz CT molecular complexity index is 91.7. The Balaban J connectivity index is -0.0000000693. The molecule has 17 heavy (non-hydrogen) atoms. The number of hydrogen-bond acceptors (Lipinski definition) is 0. The van der Waals surface area contributed by atoms with Gasteiger partial charge in [-0.2, -0.15) is 0 Å². The summed E-state index contributed by atoms with van der Waals surface area (Å²) in [5.74, 6) is 0. The van der Waals surface area contributed by atoms with E-state index in [1.807, 2.05) is 0 Å². The Labute approximate surface area is 96.0 Å². The van der Waals surface area contributed by atoms with Crippen molar-refractivity contribution in [2.24, 2.45) is 0 Å². The molecule has 0 atom stereocenters. The zero-order chi connectivity index (χ0) is 15.5. The predicted octanol–water partition coefficient (Wildman–Crippen LogP) is 3.94. The molecule has 0 aromatic carbocycles. The van der Waals surface area contributed by atoms with Crippen LogP contribution in [0.4, 0.5) is 55.2 Å². The molecule has 0 rings (SSSR count). The summed E-state index contributed by atoms with van der Waals surface area (Å²) in [6.45, 7) is 0. The molecular formula is B3F13Li-3. The molecule has 0 amide bonds. The summed E-state index contributed by atoms with van der Waals surface area (Å²) in [6.07, 6.45) is 0. The molecule has 0 aliphatic carbocycles. The van der Waals surface area contributed by atoms with E-state index in [9.17, 15) is 55.2 Å². The second-order valence-electron chi connectivity index (χ2n) is 1.48. The Morgan fingerprint density at radius 1 is 0.353 bits per heavy atom. The summed E-state index contributed by atoms with van der Waals surface area (Å²) in [5.41, 5.74) is 0. The molecule has 0 saturated carbocycles. The Kier molecular flexibility index (Phi) is 16.6. The quantitative estimate of drug-likeness (QED) is 0.467. The molecule has 17 heteroatoms. The van der Waals surface area contributed by atoms with Gasteiger partial charge in [-0.15, -0.1) is 0 Å². The van der Waals surface area contributed by atoms with Crippen molar-refractivity contribution in [2.45, 2.75) is 0 Å². The van der Waals surface area contributed by atoms with Crippen LogP contribution in [0.15, 0.2) is 0 Å². The molecule has 0 aromatic rings. The van der Waals surface area contributed by atoms with Gasteiger partial charge in [0.15, 0.2) is 0 Å². The summed E-state index contributed by atoms with van der Waals surface area (Å²) < 4.78 is 126. The van der Waals surface area contributed by atoms with Crippen molar-refractivity contribution in [2.75, 3.05) is 0 Å². The number of halogens is 13. The van der Waals surface area contributed by atoms with Crippen LogP contribution in [0.1, 0.15) is 0 Å². The van der Waals surface area contributed by atoms with Crippen LogP contribution in [0.3, 0.4) is 0 Å². The van der Waals surface area contributed by atoms with Crippen molar-refractivity contribution >= 4 is 40.0 Å². The van der Waals surface area contributed by atoms with E-state index in [1.165, 1.54) is 0 Å². The molecule has 0 fully saturated rings. The van der Waals surface area contributed by atoms with Crippen LogP contribution in [-0.4, -0.2) is 40.0 Å². The first-order valence-electron chi connectivity index (χ1n) is 3.00. The summed E-state index contributed by atoms with van der Waals surface area (Å²) >= 11 is 0.500. The monoisotopic (exact) mass is 287 g/mol. The molecule has 104 valence electrons. The van der Waals surface area contributed by atoms with Crippen LogP contribution in [0, 0.1) is 0 Å². The molecule has 0 saturated heterocycles. The molecule has 0 unspecified atom stereocenters. The zero-order valence-corrected chi connectivity index (χ0v) is 7.65. The van der Waals surface area contributed by atoms with Gasteiger partial charge < -0.3 is 51.8 Å². The van der Waals surface area contributed by atoms with Crippen molar-refractivity contribution in [1.29, 1.82) is 0 Å². The van der Waals surface area contributed by atoms with Crippen molar-refractivity contribution in [3.63, 3.8) is 0 Å². The fourth-order valence-electron chi connectivity index (χ4n) is 0. The van der Waals surface area contributed by atoms with Gasteiger partial charge in [0.25, 0.3) is 0 Å². The van der Waals surface area contributed by atoms with Gasteiger partial charge in [0, 0.05) is 0 Å². The summed E-state index contributed by atoms with van der Waals surface area (Å²) in [5, 5.41) is 0. The molecule has 0 N–H and O–H groups in total. The molecule has 0 aliphatic rings. The second kappa shape index (κ2) is 11.0. The van der Waals surface area contributed by atoms with E-state index in [1.54, 1.807) is 0 Å². The topological polar surface area (TPSA) is 0 Å². The Hall–Kier alpha value is -0.118. The van der Waals surface area contributed by atoms with Crippen LogP contribution in [0.5, 0.6) is 0 Å². The van der Waals surface area contributed by atoms with E-state index in [2.05, 4.69) is 0 Å².